The summed E-state index contributed by atoms with van der Waals surface area (Å²) in [7, 11) is 0. The molecule has 1 heterocycles. The maximum absolute atomic E-state index is 12.0. The first-order valence-electron chi connectivity index (χ1n) is 5.90. The second kappa shape index (κ2) is 6.72. The summed E-state index contributed by atoms with van der Waals surface area (Å²) in [5.74, 6) is 0.726. The molecule has 0 radical (unpaired) electrons. The summed E-state index contributed by atoms with van der Waals surface area (Å²) in [5.41, 5.74) is 0. The van der Waals surface area contributed by atoms with Crippen LogP contribution >= 0.6 is 27.5 Å². The molecule has 2 aromatic rings. The fourth-order valence-electron chi connectivity index (χ4n) is 1.50. The van der Waals surface area contributed by atoms with E-state index in [0.29, 0.717) is 21.2 Å². The lowest BCUT2D eigenvalue weighted by Gasteiger charge is -2.14. The number of anilines is 1. The van der Waals surface area contributed by atoms with Crippen molar-refractivity contribution in [2.75, 3.05) is 5.32 Å². The molecule has 2 rings (SSSR count). The molecule has 20 heavy (non-hydrogen) atoms. The number of rotatable bonds is 4. The van der Waals surface area contributed by atoms with Crippen molar-refractivity contribution in [2.24, 2.45) is 0 Å². The number of carbonyl (C=O) groups excluding carboxylic acids is 1. The smallest absolute Gasteiger partial charge is 0.266 e. The summed E-state index contributed by atoms with van der Waals surface area (Å²) in [5, 5.41) is 3.24. The summed E-state index contributed by atoms with van der Waals surface area (Å²) in [6.07, 6.45) is -0.658. The molecule has 1 aromatic carbocycles. The summed E-state index contributed by atoms with van der Waals surface area (Å²) in [6, 6.07) is 12.2. The van der Waals surface area contributed by atoms with Gasteiger partial charge in [-0.3, -0.25) is 4.79 Å². The topological polar surface area (TPSA) is 51.2 Å². The number of pyridine rings is 1. The second-order valence-electron chi connectivity index (χ2n) is 4.05. The molecule has 104 valence electrons. The molecular weight excluding hydrogens is 344 g/mol. The Kier molecular flexibility index (Phi) is 4.98. The van der Waals surface area contributed by atoms with Gasteiger partial charge < -0.3 is 10.1 Å². The van der Waals surface area contributed by atoms with E-state index >= 15 is 0 Å². The average molecular weight is 356 g/mol. The standard InChI is InChI=1S/C14H12BrClN2O2/c1-9(20-11-5-2-4-10(16)8-11)14(19)18-13-7-3-6-12(15)17-13/h2-9H,1H3,(H,17,18,19). The number of benzene rings is 1. The lowest BCUT2D eigenvalue weighted by Crippen LogP contribution is -2.30. The van der Waals surface area contributed by atoms with E-state index in [0.717, 1.165) is 0 Å². The predicted octanol–water partition coefficient (Wildman–Crippen LogP) is 3.90. The molecule has 1 amide bonds. The number of aromatic nitrogens is 1. The van der Waals surface area contributed by atoms with Crippen LogP contribution in [0.4, 0.5) is 5.82 Å². The molecule has 0 spiro atoms. The quantitative estimate of drug-likeness (QED) is 0.846. The molecule has 0 aliphatic heterocycles. The van der Waals surface area contributed by atoms with Gasteiger partial charge in [0.15, 0.2) is 6.10 Å². The number of amides is 1. The third-order valence-electron chi connectivity index (χ3n) is 2.44. The van der Waals surface area contributed by atoms with Gasteiger partial charge in [-0.2, -0.15) is 0 Å². The number of hydrogen-bond donors (Lipinski definition) is 1. The fraction of sp³-hybridized carbons (Fsp3) is 0.143. The van der Waals surface area contributed by atoms with Crippen LogP contribution < -0.4 is 10.1 Å². The van der Waals surface area contributed by atoms with E-state index in [4.69, 9.17) is 16.3 Å². The molecule has 0 aliphatic rings. The normalized spacial score (nSPS) is 11.8. The van der Waals surface area contributed by atoms with Crippen molar-refractivity contribution in [3.05, 3.63) is 52.1 Å². The molecule has 6 heteroatoms. The van der Waals surface area contributed by atoms with Crippen molar-refractivity contribution >= 4 is 39.3 Å². The van der Waals surface area contributed by atoms with Gasteiger partial charge in [0.05, 0.1) is 0 Å². The van der Waals surface area contributed by atoms with E-state index in [1.807, 2.05) is 0 Å². The number of nitrogens with zero attached hydrogens (tertiary/aromatic N) is 1. The Balaban J connectivity index is 1.98. The zero-order chi connectivity index (χ0) is 14.5. The van der Waals surface area contributed by atoms with Crippen molar-refractivity contribution in [2.45, 2.75) is 13.0 Å². The number of nitrogens with one attached hydrogen (secondary N) is 1. The van der Waals surface area contributed by atoms with Crippen molar-refractivity contribution < 1.29 is 9.53 Å². The first-order valence-corrected chi connectivity index (χ1v) is 7.07. The maximum Gasteiger partial charge on any atom is 0.266 e. The molecule has 1 aromatic heterocycles. The Morgan fingerprint density at radius 1 is 1.35 bits per heavy atom. The summed E-state index contributed by atoms with van der Waals surface area (Å²) in [4.78, 5) is 16.1. The van der Waals surface area contributed by atoms with Gasteiger partial charge in [0.2, 0.25) is 0 Å². The van der Waals surface area contributed by atoms with Gasteiger partial charge in [-0.15, -0.1) is 0 Å². The number of ether oxygens (including phenoxy) is 1. The van der Waals surface area contributed by atoms with Gasteiger partial charge in [0, 0.05) is 5.02 Å². The van der Waals surface area contributed by atoms with Gasteiger partial charge in [0.25, 0.3) is 5.91 Å². The Morgan fingerprint density at radius 2 is 2.10 bits per heavy atom. The SMILES string of the molecule is CC(Oc1cccc(Cl)c1)C(=O)Nc1cccc(Br)n1. The number of carbonyl (C=O) groups is 1. The van der Waals surface area contributed by atoms with Gasteiger partial charge >= 0.3 is 0 Å². The Morgan fingerprint density at radius 3 is 2.80 bits per heavy atom. The summed E-state index contributed by atoms with van der Waals surface area (Å²) in [6.45, 7) is 1.66. The minimum absolute atomic E-state index is 0.282. The molecule has 0 fully saturated rings. The highest BCUT2D eigenvalue weighted by atomic mass is 79.9. The highest BCUT2D eigenvalue weighted by Crippen LogP contribution is 2.18. The highest BCUT2D eigenvalue weighted by Gasteiger charge is 2.15. The molecular formula is C14H12BrClN2O2. The third kappa shape index (κ3) is 4.21. The van der Waals surface area contributed by atoms with E-state index in [1.54, 1.807) is 49.4 Å². The minimum Gasteiger partial charge on any atom is -0.481 e. The summed E-state index contributed by atoms with van der Waals surface area (Å²) < 4.78 is 6.18. The molecule has 1 unspecified atom stereocenters. The molecule has 0 saturated carbocycles. The van der Waals surface area contributed by atoms with Crippen LogP contribution in [-0.2, 0) is 4.79 Å². The van der Waals surface area contributed by atoms with Crippen LogP contribution in [0, 0.1) is 0 Å². The Labute approximate surface area is 130 Å². The van der Waals surface area contributed by atoms with Crippen molar-refractivity contribution in [3.63, 3.8) is 0 Å². The van der Waals surface area contributed by atoms with Crippen molar-refractivity contribution in [1.29, 1.82) is 0 Å². The Bertz CT molecular complexity index is 622. The van der Waals surface area contributed by atoms with E-state index in [1.165, 1.54) is 0 Å². The van der Waals surface area contributed by atoms with E-state index < -0.39 is 6.10 Å². The summed E-state index contributed by atoms with van der Waals surface area (Å²) >= 11 is 9.10. The van der Waals surface area contributed by atoms with Gasteiger partial charge in [-0.25, -0.2) is 4.98 Å². The molecule has 1 N–H and O–H groups in total. The molecule has 4 nitrogen and oxygen atoms in total. The zero-order valence-corrected chi connectivity index (χ0v) is 13.0. The van der Waals surface area contributed by atoms with E-state index in [2.05, 4.69) is 26.2 Å². The Hall–Kier alpha value is -1.59. The van der Waals surface area contributed by atoms with Crippen LogP contribution in [0.25, 0.3) is 0 Å². The zero-order valence-electron chi connectivity index (χ0n) is 10.6. The van der Waals surface area contributed by atoms with Crippen LogP contribution in [0.5, 0.6) is 5.75 Å². The van der Waals surface area contributed by atoms with Crippen LogP contribution in [0.2, 0.25) is 5.02 Å². The highest BCUT2D eigenvalue weighted by molar-refractivity contribution is 9.10. The minimum atomic E-state index is -0.658. The van der Waals surface area contributed by atoms with Crippen molar-refractivity contribution in [1.82, 2.24) is 4.98 Å². The van der Waals surface area contributed by atoms with Crippen molar-refractivity contribution in [3.8, 4) is 5.75 Å². The van der Waals surface area contributed by atoms with Crippen LogP contribution in [0.15, 0.2) is 47.1 Å². The molecule has 0 saturated heterocycles. The monoisotopic (exact) mass is 354 g/mol. The lowest BCUT2D eigenvalue weighted by molar-refractivity contribution is -0.122. The average Bonchev–Trinajstić information content (AvgIpc) is 2.38. The maximum atomic E-state index is 12.0. The lowest BCUT2D eigenvalue weighted by atomic mass is 10.3. The number of halogens is 2. The van der Waals surface area contributed by atoms with Crippen LogP contribution in [0.3, 0.4) is 0 Å². The first-order chi connectivity index (χ1) is 9.54. The number of hydrogen-bond acceptors (Lipinski definition) is 3. The molecule has 0 aliphatic carbocycles. The predicted molar refractivity (Wildman–Crippen MR) is 82.1 cm³/mol. The van der Waals surface area contributed by atoms with Gasteiger partial charge in [-0.1, -0.05) is 23.7 Å². The largest absolute Gasteiger partial charge is 0.481 e. The second-order valence-corrected chi connectivity index (χ2v) is 5.30. The van der Waals surface area contributed by atoms with Crippen LogP contribution in [-0.4, -0.2) is 17.0 Å². The van der Waals surface area contributed by atoms with Gasteiger partial charge in [0.1, 0.15) is 16.2 Å². The van der Waals surface area contributed by atoms with E-state index in [-0.39, 0.29) is 5.91 Å². The third-order valence-corrected chi connectivity index (χ3v) is 3.12. The van der Waals surface area contributed by atoms with Crippen LogP contribution in [0.1, 0.15) is 6.92 Å². The molecule has 1 atom stereocenters. The fourth-order valence-corrected chi connectivity index (χ4v) is 2.03. The van der Waals surface area contributed by atoms with Gasteiger partial charge in [-0.05, 0) is 53.2 Å². The molecule has 0 bridgehead atoms. The first kappa shape index (κ1) is 14.8. The van der Waals surface area contributed by atoms with E-state index in [9.17, 15) is 4.79 Å².